The number of hydrogen-bond donors (Lipinski definition) is 1. The number of aryl methyl sites for hydroxylation is 1. The number of carbonyl (C=O) groups is 1. The second kappa shape index (κ2) is 10.2. The van der Waals surface area contributed by atoms with Gasteiger partial charge in [-0.1, -0.05) is 47.1 Å². The SMILES string of the molecule is CCOc1ccc(N2C(=O)NC(c3ccc(C)cc3)C(c3nc(-c4cccc(OC)c4)no3)=C2C)cc1. The molecule has 37 heavy (non-hydrogen) atoms. The number of anilines is 1. The Kier molecular flexibility index (Phi) is 6.64. The van der Waals surface area contributed by atoms with E-state index in [0.717, 1.165) is 28.0 Å². The van der Waals surface area contributed by atoms with E-state index < -0.39 is 6.04 Å². The molecule has 1 aliphatic heterocycles. The summed E-state index contributed by atoms with van der Waals surface area (Å²) in [6, 6.07) is 22.2. The summed E-state index contributed by atoms with van der Waals surface area (Å²) < 4.78 is 16.7. The van der Waals surface area contributed by atoms with Crippen molar-refractivity contribution in [2.24, 2.45) is 0 Å². The van der Waals surface area contributed by atoms with Gasteiger partial charge in [0.05, 0.1) is 31.0 Å². The number of methoxy groups -OCH3 is 1. The molecular formula is C29H28N4O4. The van der Waals surface area contributed by atoms with Crippen LogP contribution in [-0.2, 0) is 0 Å². The molecule has 1 N–H and O–H groups in total. The summed E-state index contributed by atoms with van der Waals surface area (Å²) in [7, 11) is 1.61. The van der Waals surface area contributed by atoms with E-state index in [-0.39, 0.29) is 6.03 Å². The maximum absolute atomic E-state index is 13.4. The lowest BCUT2D eigenvalue weighted by Gasteiger charge is -2.35. The van der Waals surface area contributed by atoms with E-state index >= 15 is 0 Å². The fraction of sp³-hybridized carbons (Fsp3) is 0.207. The standard InChI is InChI=1S/C29H28N4O4/c1-5-36-23-15-13-22(14-16-23)33-19(3)25(26(30-29(33)34)20-11-9-18(2)10-12-20)28-31-27(32-37-28)21-7-6-8-24(17-21)35-4/h6-17,26H,5H2,1-4H3,(H,30,34). The van der Waals surface area contributed by atoms with Gasteiger partial charge in [-0.2, -0.15) is 4.98 Å². The van der Waals surface area contributed by atoms with Crippen molar-refractivity contribution in [1.29, 1.82) is 0 Å². The highest BCUT2D eigenvalue weighted by Crippen LogP contribution is 2.39. The minimum absolute atomic E-state index is 0.247. The molecule has 1 atom stereocenters. The summed E-state index contributed by atoms with van der Waals surface area (Å²) in [4.78, 5) is 19.8. The number of benzene rings is 3. The molecule has 188 valence electrons. The molecule has 0 radical (unpaired) electrons. The van der Waals surface area contributed by atoms with Gasteiger partial charge in [0.15, 0.2) is 0 Å². The van der Waals surface area contributed by atoms with Crippen LogP contribution in [0.5, 0.6) is 11.5 Å². The summed E-state index contributed by atoms with van der Waals surface area (Å²) in [5.41, 5.74) is 4.93. The van der Waals surface area contributed by atoms with Crippen molar-refractivity contribution in [3.8, 4) is 22.9 Å². The molecule has 2 heterocycles. The molecule has 1 aromatic heterocycles. The fourth-order valence-electron chi connectivity index (χ4n) is 4.41. The van der Waals surface area contributed by atoms with Crippen LogP contribution in [0.25, 0.3) is 17.0 Å². The van der Waals surface area contributed by atoms with Gasteiger partial charge in [-0.25, -0.2) is 4.79 Å². The number of amides is 2. The normalized spacial score (nSPS) is 15.5. The highest BCUT2D eigenvalue weighted by molar-refractivity contribution is 6.01. The Hall–Kier alpha value is -4.59. The number of ether oxygens (including phenoxy) is 2. The van der Waals surface area contributed by atoms with Crippen LogP contribution in [0.3, 0.4) is 0 Å². The van der Waals surface area contributed by atoms with Gasteiger partial charge in [-0.15, -0.1) is 0 Å². The van der Waals surface area contributed by atoms with Gasteiger partial charge >= 0.3 is 6.03 Å². The molecular weight excluding hydrogens is 468 g/mol. The topological polar surface area (TPSA) is 89.7 Å². The lowest BCUT2D eigenvalue weighted by Crippen LogP contribution is -2.46. The first-order valence-electron chi connectivity index (χ1n) is 12.1. The number of urea groups is 1. The van der Waals surface area contributed by atoms with Gasteiger partial charge < -0.3 is 19.3 Å². The third kappa shape index (κ3) is 4.78. The second-order valence-corrected chi connectivity index (χ2v) is 8.71. The summed E-state index contributed by atoms with van der Waals surface area (Å²) in [6.45, 7) is 6.41. The first-order chi connectivity index (χ1) is 18.0. The third-order valence-electron chi connectivity index (χ3n) is 6.29. The second-order valence-electron chi connectivity index (χ2n) is 8.71. The molecule has 0 spiro atoms. The highest BCUT2D eigenvalue weighted by atomic mass is 16.5. The van der Waals surface area contributed by atoms with Crippen LogP contribution in [0.2, 0.25) is 0 Å². The van der Waals surface area contributed by atoms with E-state index in [2.05, 4.69) is 10.5 Å². The minimum Gasteiger partial charge on any atom is -0.497 e. The van der Waals surface area contributed by atoms with E-state index in [0.29, 0.717) is 35.5 Å². The Labute approximate surface area is 215 Å². The molecule has 1 unspecified atom stereocenters. The summed E-state index contributed by atoms with van der Waals surface area (Å²) in [6.07, 6.45) is 0. The van der Waals surface area contributed by atoms with Gasteiger partial charge in [-0.3, -0.25) is 4.90 Å². The summed E-state index contributed by atoms with van der Waals surface area (Å²) in [5, 5.41) is 7.38. The van der Waals surface area contributed by atoms with Crippen molar-refractivity contribution in [3.63, 3.8) is 0 Å². The van der Waals surface area contributed by atoms with Crippen molar-refractivity contribution in [2.75, 3.05) is 18.6 Å². The van der Waals surface area contributed by atoms with Gasteiger partial charge in [0.25, 0.3) is 5.89 Å². The highest BCUT2D eigenvalue weighted by Gasteiger charge is 2.36. The van der Waals surface area contributed by atoms with E-state index in [9.17, 15) is 4.79 Å². The molecule has 0 fully saturated rings. The Morgan fingerprint density at radius 2 is 1.76 bits per heavy atom. The Bertz CT molecular complexity index is 1440. The molecule has 5 rings (SSSR count). The van der Waals surface area contributed by atoms with Gasteiger partial charge in [-0.05, 0) is 62.7 Å². The van der Waals surface area contributed by atoms with Crippen molar-refractivity contribution in [3.05, 3.63) is 95.5 Å². The lowest BCUT2D eigenvalue weighted by atomic mass is 9.94. The first kappa shape index (κ1) is 24.1. The molecule has 1 aliphatic rings. The maximum Gasteiger partial charge on any atom is 0.326 e. The third-order valence-corrected chi connectivity index (χ3v) is 6.29. The molecule has 4 aromatic rings. The van der Waals surface area contributed by atoms with Crippen LogP contribution in [0.1, 0.15) is 36.9 Å². The van der Waals surface area contributed by atoms with E-state index in [1.165, 1.54) is 0 Å². The monoisotopic (exact) mass is 496 g/mol. The predicted octanol–water partition coefficient (Wildman–Crippen LogP) is 6.15. The molecule has 0 saturated heterocycles. The number of allylic oxidation sites excluding steroid dienone is 1. The molecule has 0 aliphatic carbocycles. The largest absolute Gasteiger partial charge is 0.497 e. The molecule has 8 heteroatoms. The Morgan fingerprint density at radius 3 is 2.46 bits per heavy atom. The summed E-state index contributed by atoms with van der Waals surface area (Å²) >= 11 is 0. The average molecular weight is 497 g/mol. The molecule has 0 saturated carbocycles. The lowest BCUT2D eigenvalue weighted by molar-refractivity contribution is 0.244. The number of aromatic nitrogens is 2. The number of carbonyl (C=O) groups excluding carboxylic acids is 1. The van der Waals surface area contributed by atoms with Crippen LogP contribution in [0.4, 0.5) is 10.5 Å². The average Bonchev–Trinajstić information content (AvgIpc) is 3.40. The maximum atomic E-state index is 13.4. The fourth-order valence-corrected chi connectivity index (χ4v) is 4.41. The van der Waals surface area contributed by atoms with Gasteiger partial charge in [0.2, 0.25) is 5.82 Å². The van der Waals surface area contributed by atoms with Gasteiger partial charge in [0, 0.05) is 11.3 Å². The van der Waals surface area contributed by atoms with Crippen LogP contribution >= 0.6 is 0 Å². The van der Waals surface area contributed by atoms with E-state index in [4.69, 9.17) is 19.0 Å². The molecule has 3 aromatic carbocycles. The van der Waals surface area contributed by atoms with Crippen LogP contribution in [-0.4, -0.2) is 29.9 Å². The Balaban J connectivity index is 1.61. The van der Waals surface area contributed by atoms with Crippen LogP contribution in [0, 0.1) is 6.92 Å². The smallest absolute Gasteiger partial charge is 0.326 e. The number of rotatable bonds is 7. The summed E-state index contributed by atoms with van der Waals surface area (Å²) in [5.74, 6) is 2.20. The van der Waals surface area contributed by atoms with Crippen LogP contribution < -0.4 is 19.7 Å². The number of nitrogens with one attached hydrogen (secondary N) is 1. The molecule has 2 amide bonds. The zero-order valence-corrected chi connectivity index (χ0v) is 21.2. The van der Waals surface area contributed by atoms with Gasteiger partial charge in [0.1, 0.15) is 11.5 Å². The van der Waals surface area contributed by atoms with Crippen molar-refractivity contribution in [1.82, 2.24) is 15.5 Å². The first-order valence-corrected chi connectivity index (χ1v) is 12.1. The number of nitrogens with zero attached hydrogens (tertiary/aromatic N) is 3. The van der Waals surface area contributed by atoms with Crippen LogP contribution in [0.15, 0.2) is 83.0 Å². The predicted molar refractivity (Wildman–Crippen MR) is 141 cm³/mol. The van der Waals surface area contributed by atoms with Crippen molar-refractivity contribution in [2.45, 2.75) is 26.8 Å². The quantitative estimate of drug-likeness (QED) is 0.330. The van der Waals surface area contributed by atoms with Crippen molar-refractivity contribution >= 4 is 17.3 Å². The van der Waals surface area contributed by atoms with E-state index in [1.807, 2.05) is 93.6 Å². The number of hydrogen-bond acceptors (Lipinski definition) is 6. The molecule has 0 bridgehead atoms. The zero-order chi connectivity index (χ0) is 25.9. The minimum atomic E-state index is -0.467. The van der Waals surface area contributed by atoms with Crippen molar-refractivity contribution < 1.29 is 18.8 Å². The molecule has 8 nitrogen and oxygen atoms in total. The van der Waals surface area contributed by atoms with E-state index in [1.54, 1.807) is 12.0 Å². The Morgan fingerprint density at radius 1 is 1.00 bits per heavy atom. The zero-order valence-electron chi connectivity index (χ0n) is 21.2.